The third kappa shape index (κ3) is 5.44. The molecule has 2 amide bonds. The zero-order chi connectivity index (χ0) is 17.6. The van der Waals surface area contributed by atoms with E-state index in [1.54, 1.807) is 0 Å². The largest absolute Gasteiger partial charge is 0.383 e. The summed E-state index contributed by atoms with van der Waals surface area (Å²) in [4.78, 5) is 26.3. The quantitative estimate of drug-likeness (QED) is 0.569. The summed E-state index contributed by atoms with van der Waals surface area (Å²) in [6.45, 7) is 0.507. The van der Waals surface area contributed by atoms with Crippen molar-refractivity contribution < 1.29 is 22.7 Å². The van der Waals surface area contributed by atoms with Gasteiger partial charge in [0, 0.05) is 25.7 Å². The maximum atomic E-state index is 12.6. The summed E-state index contributed by atoms with van der Waals surface area (Å²) in [5, 5.41) is 2.84. The minimum Gasteiger partial charge on any atom is -0.383 e. The van der Waals surface area contributed by atoms with E-state index in [9.17, 15) is 18.0 Å². The van der Waals surface area contributed by atoms with Gasteiger partial charge in [0.1, 0.15) is 0 Å². The molecule has 1 aliphatic carbocycles. The summed E-state index contributed by atoms with van der Waals surface area (Å²) in [5.41, 5.74) is 0. The highest BCUT2D eigenvalue weighted by molar-refractivity contribution is 7.91. The van der Waals surface area contributed by atoms with Crippen molar-refractivity contribution >= 4 is 21.7 Å². The highest BCUT2D eigenvalue weighted by Gasteiger charge is 2.37. The Kier molecular flexibility index (Phi) is 7.03. The number of carbonyl (C=O) groups excluding carboxylic acids is 2. The highest BCUT2D eigenvalue weighted by atomic mass is 32.2. The van der Waals surface area contributed by atoms with E-state index in [0.717, 1.165) is 25.7 Å². The summed E-state index contributed by atoms with van der Waals surface area (Å²) < 4.78 is 28.4. The van der Waals surface area contributed by atoms with Crippen molar-refractivity contribution in [3.05, 3.63) is 0 Å². The minimum atomic E-state index is -3.12. The topological polar surface area (TPSA) is 92.8 Å². The number of nitrogens with one attached hydrogen (secondary N) is 1. The zero-order valence-electron chi connectivity index (χ0n) is 14.3. The molecular formula is C16H28N2O5S. The van der Waals surface area contributed by atoms with Crippen molar-refractivity contribution in [1.82, 2.24) is 10.2 Å². The van der Waals surface area contributed by atoms with Crippen LogP contribution in [0.5, 0.6) is 0 Å². The Bertz CT molecular complexity index is 541. The van der Waals surface area contributed by atoms with Gasteiger partial charge in [-0.15, -0.1) is 0 Å². The van der Waals surface area contributed by atoms with Gasteiger partial charge in [-0.2, -0.15) is 0 Å². The number of methoxy groups -OCH3 is 1. The fourth-order valence-electron chi connectivity index (χ4n) is 3.46. The minimum absolute atomic E-state index is 0.0422. The predicted octanol–water partition coefficient (Wildman–Crippen LogP) is 0.488. The third-order valence-corrected chi connectivity index (χ3v) is 6.58. The molecule has 138 valence electrons. The van der Waals surface area contributed by atoms with E-state index in [2.05, 4.69) is 5.32 Å². The fraction of sp³-hybridized carbons (Fsp3) is 0.875. The van der Waals surface area contributed by atoms with Crippen LogP contribution in [0.4, 0.5) is 0 Å². The van der Waals surface area contributed by atoms with E-state index in [1.807, 2.05) is 0 Å². The van der Waals surface area contributed by atoms with Crippen molar-refractivity contribution in [2.24, 2.45) is 0 Å². The van der Waals surface area contributed by atoms with Gasteiger partial charge >= 0.3 is 11.8 Å². The average Bonchev–Trinajstić information content (AvgIpc) is 2.74. The second-order valence-corrected chi connectivity index (χ2v) is 8.94. The Morgan fingerprint density at radius 1 is 1.12 bits per heavy atom. The van der Waals surface area contributed by atoms with Gasteiger partial charge in [-0.05, 0) is 19.3 Å². The molecule has 1 heterocycles. The lowest BCUT2D eigenvalue weighted by molar-refractivity contribution is -0.148. The number of rotatable bonds is 5. The van der Waals surface area contributed by atoms with Crippen LogP contribution in [-0.4, -0.2) is 69.0 Å². The number of hydrogen-bond acceptors (Lipinski definition) is 5. The SMILES string of the molecule is COCCN(C(=O)C(=O)NC1CCCCCC1)C1CCS(=O)(=O)C1. The molecule has 1 saturated heterocycles. The number of sulfone groups is 1. The number of nitrogens with zero attached hydrogens (tertiary/aromatic N) is 1. The van der Waals surface area contributed by atoms with Crippen LogP contribution < -0.4 is 5.32 Å². The summed E-state index contributed by atoms with van der Waals surface area (Å²) in [5.74, 6) is -1.27. The van der Waals surface area contributed by atoms with Crippen LogP contribution in [0, 0.1) is 0 Å². The van der Waals surface area contributed by atoms with E-state index in [-0.39, 0.29) is 30.7 Å². The normalized spacial score (nSPS) is 24.3. The molecule has 0 radical (unpaired) electrons. The van der Waals surface area contributed by atoms with Crippen molar-refractivity contribution in [2.45, 2.75) is 57.0 Å². The molecule has 0 spiro atoms. The molecule has 0 bridgehead atoms. The number of hydrogen-bond donors (Lipinski definition) is 1. The standard InChI is InChI=1S/C16H28N2O5S/c1-23-10-9-18(14-8-11-24(21,22)12-14)16(20)15(19)17-13-6-4-2-3-5-7-13/h13-14H,2-12H2,1H3,(H,17,19). The molecule has 0 aromatic carbocycles. The monoisotopic (exact) mass is 360 g/mol. The smallest absolute Gasteiger partial charge is 0.312 e. The molecule has 1 saturated carbocycles. The Balaban J connectivity index is 1.99. The van der Waals surface area contributed by atoms with Gasteiger partial charge in [-0.3, -0.25) is 9.59 Å². The lowest BCUT2D eigenvalue weighted by atomic mass is 10.1. The van der Waals surface area contributed by atoms with Crippen LogP contribution >= 0.6 is 0 Å². The first kappa shape index (κ1) is 19.2. The van der Waals surface area contributed by atoms with E-state index in [0.29, 0.717) is 6.42 Å². The van der Waals surface area contributed by atoms with Crippen LogP contribution in [0.25, 0.3) is 0 Å². The van der Waals surface area contributed by atoms with Crippen LogP contribution in [0.15, 0.2) is 0 Å². The Labute approximate surface area is 144 Å². The molecule has 24 heavy (non-hydrogen) atoms. The van der Waals surface area contributed by atoms with Crippen molar-refractivity contribution in [1.29, 1.82) is 0 Å². The number of carbonyl (C=O) groups is 2. The molecule has 2 aliphatic rings. The van der Waals surface area contributed by atoms with Crippen molar-refractivity contribution in [3.8, 4) is 0 Å². The van der Waals surface area contributed by atoms with Gasteiger partial charge in [-0.25, -0.2) is 8.42 Å². The Morgan fingerprint density at radius 2 is 1.79 bits per heavy atom. The maximum Gasteiger partial charge on any atom is 0.312 e. The van der Waals surface area contributed by atoms with Gasteiger partial charge in [0.25, 0.3) is 0 Å². The maximum absolute atomic E-state index is 12.6. The Morgan fingerprint density at radius 3 is 2.33 bits per heavy atom. The zero-order valence-corrected chi connectivity index (χ0v) is 15.1. The molecule has 1 aliphatic heterocycles. The molecule has 0 aromatic rings. The molecule has 1 N–H and O–H groups in total. The van der Waals surface area contributed by atoms with Crippen LogP contribution in [-0.2, 0) is 24.2 Å². The van der Waals surface area contributed by atoms with Crippen molar-refractivity contribution in [3.63, 3.8) is 0 Å². The van der Waals surface area contributed by atoms with E-state index in [4.69, 9.17) is 4.74 Å². The highest BCUT2D eigenvalue weighted by Crippen LogP contribution is 2.19. The first-order valence-electron chi connectivity index (χ1n) is 8.74. The Hall–Kier alpha value is -1.15. The number of amides is 2. The van der Waals surface area contributed by atoms with Crippen LogP contribution in [0.3, 0.4) is 0 Å². The van der Waals surface area contributed by atoms with Crippen LogP contribution in [0.2, 0.25) is 0 Å². The van der Waals surface area contributed by atoms with Gasteiger partial charge < -0.3 is 15.0 Å². The van der Waals surface area contributed by atoms with E-state index in [1.165, 1.54) is 24.9 Å². The summed E-state index contributed by atoms with van der Waals surface area (Å²) in [7, 11) is -1.61. The molecule has 1 unspecified atom stereocenters. The van der Waals surface area contributed by atoms with Gasteiger partial charge in [0.15, 0.2) is 9.84 Å². The van der Waals surface area contributed by atoms with Gasteiger partial charge in [0.05, 0.1) is 18.1 Å². The van der Waals surface area contributed by atoms with E-state index >= 15 is 0 Å². The summed E-state index contributed by atoms with van der Waals surface area (Å²) in [6, 6.07) is -0.391. The van der Waals surface area contributed by atoms with Crippen molar-refractivity contribution in [2.75, 3.05) is 31.8 Å². The molecule has 2 fully saturated rings. The van der Waals surface area contributed by atoms with Gasteiger partial charge in [0.2, 0.25) is 0 Å². The molecule has 7 nitrogen and oxygen atoms in total. The predicted molar refractivity (Wildman–Crippen MR) is 90.3 cm³/mol. The third-order valence-electron chi connectivity index (χ3n) is 4.83. The number of ether oxygens (including phenoxy) is 1. The molecule has 2 rings (SSSR count). The fourth-order valence-corrected chi connectivity index (χ4v) is 5.19. The molecule has 8 heteroatoms. The molecular weight excluding hydrogens is 332 g/mol. The average molecular weight is 360 g/mol. The second-order valence-electron chi connectivity index (χ2n) is 6.71. The summed E-state index contributed by atoms with van der Waals surface area (Å²) >= 11 is 0. The van der Waals surface area contributed by atoms with Crippen LogP contribution in [0.1, 0.15) is 44.9 Å². The van der Waals surface area contributed by atoms with E-state index < -0.39 is 27.7 Å². The lowest BCUT2D eigenvalue weighted by Crippen LogP contribution is -2.51. The first-order chi connectivity index (χ1) is 11.4. The summed E-state index contributed by atoms with van der Waals surface area (Å²) in [6.07, 6.45) is 6.64. The molecule has 0 aromatic heterocycles. The molecule has 1 atom stereocenters. The van der Waals surface area contributed by atoms with Gasteiger partial charge in [-0.1, -0.05) is 25.7 Å². The lowest BCUT2D eigenvalue weighted by Gasteiger charge is -2.28. The first-order valence-corrected chi connectivity index (χ1v) is 10.6. The second kappa shape index (κ2) is 8.80.